The van der Waals surface area contributed by atoms with Crippen molar-refractivity contribution in [3.63, 3.8) is 0 Å². The number of para-hydroxylation sites is 1. The van der Waals surface area contributed by atoms with E-state index >= 15 is 0 Å². The largest absolute Gasteiger partial charge is 0.487 e. The Bertz CT molecular complexity index is 571. The van der Waals surface area contributed by atoms with Crippen molar-refractivity contribution in [1.82, 2.24) is 4.31 Å². The topological polar surface area (TPSA) is 66.8 Å². The van der Waals surface area contributed by atoms with Crippen molar-refractivity contribution in [2.75, 3.05) is 18.8 Å². The third-order valence-corrected chi connectivity index (χ3v) is 5.90. The van der Waals surface area contributed by atoms with E-state index in [2.05, 4.69) is 0 Å². The minimum absolute atomic E-state index is 0.0799. The van der Waals surface area contributed by atoms with Gasteiger partial charge in [0.05, 0.1) is 5.75 Å². The molecule has 0 spiro atoms. The molecule has 1 heterocycles. The highest BCUT2D eigenvalue weighted by Crippen LogP contribution is 2.28. The van der Waals surface area contributed by atoms with Gasteiger partial charge >= 0.3 is 0 Å². The van der Waals surface area contributed by atoms with Crippen LogP contribution in [0.5, 0.6) is 5.75 Å². The Morgan fingerprint density at radius 1 is 1.36 bits per heavy atom. The van der Waals surface area contributed by atoms with Crippen LogP contribution in [0, 0.1) is 0 Å². The number of sulfonamides is 1. The smallest absolute Gasteiger partial charge is 0.214 e. The van der Waals surface area contributed by atoms with Gasteiger partial charge in [-0.15, -0.1) is 0 Å². The Morgan fingerprint density at radius 2 is 2.05 bits per heavy atom. The van der Waals surface area contributed by atoms with Gasteiger partial charge in [-0.25, -0.2) is 8.42 Å². The van der Waals surface area contributed by atoms with Gasteiger partial charge in [0, 0.05) is 19.5 Å². The van der Waals surface area contributed by atoms with E-state index < -0.39 is 21.7 Å². The van der Waals surface area contributed by atoms with Crippen LogP contribution in [-0.4, -0.2) is 48.4 Å². The second-order valence-electron chi connectivity index (χ2n) is 6.07. The van der Waals surface area contributed by atoms with Gasteiger partial charge in [0.25, 0.3) is 0 Å². The van der Waals surface area contributed by atoms with Crippen molar-refractivity contribution in [3.8, 4) is 5.75 Å². The van der Waals surface area contributed by atoms with Crippen LogP contribution in [-0.2, 0) is 10.0 Å². The highest BCUT2D eigenvalue weighted by Gasteiger charge is 2.43. The summed E-state index contributed by atoms with van der Waals surface area (Å²) in [6.45, 7) is 4.07. The predicted molar refractivity (Wildman–Crippen MR) is 86.4 cm³/mol. The quantitative estimate of drug-likeness (QED) is 0.868. The molecule has 1 fully saturated rings. The van der Waals surface area contributed by atoms with Crippen LogP contribution in [0.2, 0.25) is 0 Å². The van der Waals surface area contributed by atoms with E-state index in [1.165, 1.54) is 4.31 Å². The molecule has 22 heavy (non-hydrogen) atoms. The summed E-state index contributed by atoms with van der Waals surface area (Å²) in [5.74, 6) is 0.833. The molecule has 124 valence electrons. The number of piperidine rings is 1. The van der Waals surface area contributed by atoms with Gasteiger partial charge in [0.15, 0.2) is 0 Å². The van der Waals surface area contributed by atoms with Crippen LogP contribution in [0.15, 0.2) is 30.3 Å². The Morgan fingerprint density at radius 3 is 2.64 bits per heavy atom. The SMILES string of the molecule is CCCCS(=O)(=O)N1CC[C@H](Oc2ccccc2)[C@@](C)(O)C1. The summed E-state index contributed by atoms with van der Waals surface area (Å²) >= 11 is 0. The molecular formula is C16H25NO4S. The van der Waals surface area contributed by atoms with Crippen LogP contribution < -0.4 is 4.74 Å². The summed E-state index contributed by atoms with van der Waals surface area (Å²) in [4.78, 5) is 0. The zero-order valence-electron chi connectivity index (χ0n) is 13.2. The van der Waals surface area contributed by atoms with Crippen LogP contribution in [0.25, 0.3) is 0 Å². The maximum absolute atomic E-state index is 12.3. The molecule has 2 rings (SSSR count). The van der Waals surface area contributed by atoms with Gasteiger partial charge in [0.1, 0.15) is 17.5 Å². The molecule has 0 unspecified atom stereocenters. The first-order valence-electron chi connectivity index (χ1n) is 7.77. The first-order valence-corrected chi connectivity index (χ1v) is 9.38. The van der Waals surface area contributed by atoms with Gasteiger partial charge in [-0.1, -0.05) is 31.5 Å². The van der Waals surface area contributed by atoms with Crippen LogP contribution in [0.4, 0.5) is 0 Å². The van der Waals surface area contributed by atoms with Crippen molar-refractivity contribution in [2.24, 2.45) is 0 Å². The van der Waals surface area contributed by atoms with Crippen LogP contribution >= 0.6 is 0 Å². The number of hydrogen-bond acceptors (Lipinski definition) is 4. The molecule has 0 aromatic heterocycles. The number of nitrogens with zero attached hydrogens (tertiary/aromatic N) is 1. The van der Waals surface area contributed by atoms with Crippen molar-refractivity contribution in [3.05, 3.63) is 30.3 Å². The molecule has 6 heteroatoms. The zero-order chi connectivity index (χ0) is 16.2. The average molecular weight is 327 g/mol. The van der Waals surface area contributed by atoms with Crippen LogP contribution in [0.3, 0.4) is 0 Å². The van der Waals surface area contributed by atoms with Gasteiger partial charge in [-0.3, -0.25) is 0 Å². The summed E-state index contributed by atoms with van der Waals surface area (Å²) in [5.41, 5.74) is -1.20. The maximum Gasteiger partial charge on any atom is 0.214 e. The molecule has 1 N–H and O–H groups in total. The lowest BCUT2D eigenvalue weighted by molar-refractivity contribution is -0.0814. The minimum atomic E-state index is -3.30. The molecule has 5 nitrogen and oxygen atoms in total. The predicted octanol–water partition coefficient (Wildman–Crippen LogP) is 2.02. The Hall–Kier alpha value is -1.11. The molecule has 0 radical (unpaired) electrons. The van der Waals surface area contributed by atoms with E-state index in [9.17, 15) is 13.5 Å². The lowest BCUT2D eigenvalue weighted by Crippen LogP contribution is -2.58. The second-order valence-corrected chi connectivity index (χ2v) is 8.16. The molecule has 1 aromatic rings. The van der Waals surface area contributed by atoms with Crippen LogP contribution in [0.1, 0.15) is 33.1 Å². The third kappa shape index (κ3) is 4.21. The normalized spacial score (nSPS) is 26.8. The van der Waals surface area contributed by atoms with Gasteiger partial charge in [-0.2, -0.15) is 4.31 Å². The van der Waals surface area contributed by atoms with E-state index in [-0.39, 0.29) is 12.3 Å². The number of rotatable bonds is 6. The van der Waals surface area contributed by atoms with Gasteiger partial charge in [0.2, 0.25) is 10.0 Å². The molecule has 1 aliphatic rings. The summed E-state index contributed by atoms with van der Waals surface area (Å²) in [5, 5.41) is 10.6. The number of aliphatic hydroxyl groups is 1. The fourth-order valence-electron chi connectivity index (χ4n) is 2.65. The first-order chi connectivity index (χ1) is 10.3. The highest BCUT2D eigenvalue weighted by molar-refractivity contribution is 7.89. The summed E-state index contributed by atoms with van der Waals surface area (Å²) in [6, 6.07) is 9.30. The summed E-state index contributed by atoms with van der Waals surface area (Å²) in [6.07, 6.45) is 1.55. The standard InChI is InChI=1S/C16H25NO4S/c1-3-4-12-22(19,20)17-11-10-15(16(2,18)13-17)21-14-8-6-5-7-9-14/h5-9,15,18H,3-4,10-13H2,1-2H3/t15-,16-/m0/s1. The van der Waals surface area contributed by atoms with Gasteiger partial charge in [-0.05, 0) is 25.5 Å². The fourth-order valence-corrected chi connectivity index (χ4v) is 4.41. The third-order valence-electron chi connectivity index (χ3n) is 4.00. The fraction of sp³-hybridized carbons (Fsp3) is 0.625. The molecule has 0 amide bonds. The minimum Gasteiger partial charge on any atom is -0.487 e. The summed E-state index contributed by atoms with van der Waals surface area (Å²) in [7, 11) is -3.30. The molecule has 1 saturated heterocycles. The molecule has 1 aliphatic heterocycles. The number of unbranched alkanes of at least 4 members (excludes halogenated alkanes) is 1. The Labute approximate surface area is 133 Å². The maximum atomic E-state index is 12.3. The van der Waals surface area contributed by atoms with Crippen molar-refractivity contribution in [1.29, 1.82) is 0 Å². The van der Waals surface area contributed by atoms with Gasteiger partial charge < -0.3 is 9.84 Å². The average Bonchev–Trinajstić information content (AvgIpc) is 2.48. The Balaban J connectivity index is 2.03. The van der Waals surface area contributed by atoms with E-state index in [0.717, 1.165) is 6.42 Å². The first kappa shape index (κ1) is 17.2. The van der Waals surface area contributed by atoms with E-state index in [1.54, 1.807) is 6.92 Å². The molecule has 2 atom stereocenters. The zero-order valence-corrected chi connectivity index (χ0v) is 14.1. The highest BCUT2D eigenvalue weighted by atomic mass is 32.2. The number of benzene rings is 1. The monoisotopic (exact) mass is 327 g/mol. The molecule has 0 aliphatic carbocycles. The molecular weight excluding hydrogens is 302 g/mol. The van der Waals surface area contributed by atoms with E-state index in [4.69, 9.17) is 4.74 Å². The summed E-state index contributed by atoms with van der Waals surface area (Å²) < 4.78 is 31.8. The van der Waals surface area contributed by atoms with Crippen molar-refractivity contribution >= 4 is 10.0 Å². The lowest BCUT2D eigenvalue weighted by atomic mass is 9.93. The number of ether oxygens (including phenoxy) is 1. The van der Waals surface area contributed by atoms with Crippen molar-refractivity contribution < 1.29 is 18.3 Å². The molecule has 0 saturated carbocycles. The number of hydrogen-bond donors (Lipinski definition) is 1. The Kier molecular flexibility index (Phi) is 5.47. The second kappa shape index (κ2) is 6.98. The number of β-amino-alcohol motifs (C(OH)–C–C–N with tert-alkyl or cyclic N) is 1. The molecule has 0 bridgehead atoms. The van der Waals surface area contributed by atoms with E-state index in [1.807, 2.05) is 37.3 Å². The van der Waals surface area contributed by atoms with E-state index in [0.29, 0.717) is 25.1 Å². The molecule has 1 aromatic carbocycles. The van der Waals surface area contributed by atoms with Crippen molar-refractivity contribution in [2.45, 2.75) is 44.8 Å². The lowest BCUT2D eigenvalue weighted by Gasteiger charge is -2.41.